The predicted molar refractivity (Wildman–Crippen MR) is 141 cm³/mol. The summed E-state index contributed by atoms with van der Waals surface area (Å²) < 4.78 is 39.4. The van der Waals surface area contributed by atoms with Gasteiger partial charge < -0.3 is 28.4 Å². The van der Waals surface area contributed by atoms with Crippen molar-refractivity contribution in [2.75, 3.05) is 52.2 Å². The summed E-state index contributed by atoms with van der Waals surface area (Å²) in [5.74, 6) is 4.85. The van der Waals surface area contributed by atoms with E-state index in [1.54, 1.807) is 57.5 Å². The van der Waals surface area contributed by atoms with E-state index in [1.165, 1.54) is 0 Å². The first-order valence-electron chi connectivity index (χ1n) is 10.9. The molecule has 3 aromatic rings. The monoisotopic (exact) mass is 556 g/mol. The quantitative estimate of drug-likeness (QED) is 0.319. The van der Waals surface area contributed by atoms with Crippen LogP contribution in [0.3, 0.4) is 0 Å². The predicted octanol–water partition coefficient (Wildman–Crippen LogP) is 6.99. The maximum absolute atomic E-state index is 6.48. The normalized spacial score (nSPS) is 18.0. The smallest absolute Gasteiger partial charge is 0.186 e. The minimum absolute atomic E-state index is 0.108. The average molecular weight is 557 g/mol. The van der Waals surface area contributed by atoms with Gasteiger partial charge in [-0.1, -0.05) is 13.8 Å². The lowest BCUT2D eigenvalue weighted by molar-refractivity contribution is 0.140. The van der Waals surface area contributed by atoms with Gasteiger partial charge in [0.15, 0.2) is 34.5 Å². The van der Waals surface area contributed by atoms with E-state index in [9.17, 15) is 0 Å². The highest BCUT2D eigenvalue weighted by molar-refractivity contribution is 8.00. The maximum Gasteiger partial charge on any atom is 0.186 e. The van der Waals surface area contributed by atoms with E-state index in [-0.39, 0.29) is 5.41 Å². The highest BCUT2D eigenvalue weighted by atomic mass is 32.2. The molecule has 0 spiro atoms. The Kier molecular flexibility index (Phi) is 6.04. The number of fused-ring (bicyclic) bond motifs is 3. The number of thioether (sulfide) groups is 2. The van der Waals surface area contributed by atoms with Crippen molar-refractivity contribution in [3.63, 3.8) is 0 Å². The minimum atomic E-state index is -0.108. The lowest BCUT2D eigenvalue weighted by Crippen LogP contribution is -2.26. The lowest BCUT2D eigenvalue weighted by Gasteiger charge is -2.20. The third-order valence-electron chi connectivity index (χ3n) is 5.56. The fourth-order valence-corrected chi connectivity index (χ4v) is 9.08. The first-order valence-corrected chi connectivity index (χ1v) is 15.8. The third kappa shape index (κ3) is 3.75. The summed E-state index contributed by atoms with van der Waals surface area (Å²) in [4.78, 5) is 4.09. The molecule has 0 atom stereocenters. The van der Waals surface area contributed by atoms with Gasteiger partial charge in [0.05, 0.1) is 32.7 Å². The molecule has 0 aromatic carbocycles. The van der Waals surface area contributed by atoms with E-state index in [2.05, 4.69) is 26.4 Å². The fourth-order valence-electron chi connectivity index (χ4n) is 3.95. The second-order valence-electron chi connectivity index (χ2n) is 8.72. The van der Waals surface area contributed by atoms with Crippen molar-refractivity contribution in [2.24, 2.45) is 5.41 Å². The SMILES string of the molecule is CSc1sc(-c2sc(-c3sc(SC)c4c3OCCO4)c3c2OCC(C)(C)CO3)c2c1OCCO2. The highest BCUT2D eigenvalue weighted by Crippen LogP contribution is 2.64. The van der Waals surface area contributed by atoms with Crippen LogP contribution in [-0.4, -0.2) is 52.2 Å². The Hall–Kier alpha value is -1.40. The molecule has 34 heavy (non-hydrogen) atoms. The van der Waals surface area contributed by atoms with Crippen molar-refractivity contribution in [1.82, 2.24) is 0 Å². The highest BCUT2D eigenvalue weighted by Gasteiger charge is 2.37. The number of rotatable bonds is 4. The van der Waals surface area contributed by atoms with Crippen LogP contribution in [0.5, 0.6) is 34.5 Å². The Morgan fingerprint density at radius 3 is 1.29 bits per heavy atom. The van der Waals surface area contributed by atoms with Crippen LogP contribution in [0.15, 0.2) is 8.42 Å². The first-order chi connectivity index (χ1) is 16.5. The van der Waals surface area contributed by atoms with Crippen molar-refractivity contribution in [3.8, 4) is 54.0 Å². The summed E-state index contributed by atoms with van der Waals surface area (Å²) in [5.41, 5.74) is -0.108. The Morgan fingerprint density at radius 1 is 0.529 bits per heavy atom. The van der Waals surface area contributed by atoms with Crippen LogP contribution in [0.25, 0.3) is 19.5 Å². The van der Waals surface area contributed by atoms with Gasteiger partial charge in [0.25, 0.3) is 0 Å². The Labute approximate surface area is 218 Å². The zero-order valence-electron chi connectivity index (χ0n) is 19.2. The summed E-state index contributed by atoms with van der Waals surface area (Å²) in [6, 6.07) is 0. The van der Waals surface area contributed by atoms with Gasteiger partial charge in [0, 0.05) is 5.41 Å². The van der Waals surface area contributed by atoms with Gasteiger partial charge in [0.1, 0.15) is 34.8 Å². The zero-order valence-corrected chi connectivity index (χ0v) is 23.3. The van der Waals surface area contributed by atoms with Gasteiger partial charge in [0.2, 0.25) is 0 Å². The van der Waals surface area contributed by atoms with Crippen LogP contribution in [0.2, 0.25) is 0 Å². The molecule has 11 heteroatoms. The molecule has 0 fully saturated rings. The van der Waals surface area contributed by atoms with Gasteiger partial charge in [-0.15, -0.1) is 57.5 Å². The Bertz CT molecular complexity index is 1150. The van der Waals surface area contributed by atoms with Crippen molar-refractivity contribution in [3.05, 3.63) is 0 Å². The van der Waals surface area contributed by atoms with Crippen molar-refractivity contribution < 1.29 is 28.4 Å². The molecule has 0 saturated carbocycles. The largest absolute Gasteiger partial charge is 0.487 e. The lowest BCUT2D eigenvalue weighted by atomic mass is 9.97. The molecule has 3 aliphatic rings. The van der Waals surface area contributed by atoms with Crippen LogP contribution in [0.1, 0.15) is 13.8 Å². The van der Waals surface area contributed by atoms with Crippen LogP contribution < -0.4 is 28.4 Å². The van der Waals surface area contributed by atoms with E-state index >= 15 is 0 Å². The van der Waals surface area contributed by atoms with Crippen molar-refractivity contribution in [2.45, 2.75) is 22.3 Å². The van der Waals surface area contributed by atoms with Gasteiger partial charge in [-0.2, -0.15) is 0 Å². The molecule has 6 rings (SSSR count). The topological polar surface area (TPSA) is 55.4 Å². The standard InChI is InChI=1S/C23H24O6S5/c1-23(2)9-28-11-12(29-10-23)18(20-14-16(22(31-4)34-20)27-8-6-25-14)32-17(11)19-13-15(21(30-3)33-19)26-7-5-24-13/h5-10H2,1-4H3. The molecule has 0 aliphatic carbocycles. The Morgan fingerprint density at radius 2 is 0.882 bits per heavy atom. The van der Waals surface area contributed by atoms with Crippen LogP contribution in [0.4, 0.5) is 0 Å². The van der Waals surface area contributed by atoms with Crippen LogP contribution >= 0.6 is 57.5 Å². The molecule has 6 nitrogen and oxygen atoms in total. The molecule has 0 bridgehead atoms. The maximum atomic E-state index is 6.48. The van der Waals surface area contributed by atoms with E-state index in [1.807, 2.05) is 0 Å². The van der Waals surface area contributed by atoms with Gasteiger partial charge in [-0.05, 0) is 12.5 Å². The molecule has 3 aliphatic heterocycles. The third-order valence-corrected chi connectivity index (χ3v) is 11.5. The molecule has 0 saturated heterocycles. The molecule has 0 amide bonds. The Balaban J connectivity index is 1.57. The first kappa shape index (κ1) is 23.0. The summed E-state index contributed by atoms with van der Waals surface area (Å²) in [7, 11) is 0. The van der Waals surface area contributed by atoms with E-state index < -0.39 is 0 Å². The molecular formula is C23H24O6S5. The van der Waals surface area contributed by atoms with Crippen LogP contribution in [-0.2, 0) is 0 Å². The van der Waals surface area contributed by atoms with E-state index in [0.29, 0.717) is 39.6 Å². The van der Waals surface area contributed by atoms with Crippen molar-refractivity contribution in [1.29, 1.82) is 0 Å². The van der Waals surface area contributed by atoms with Gasteiger partial charge >= 0.3 is 0 Å². The summed E-state index contributed by atoms with van der Waals surface area (Å²) in [5, 5.41) is 0. The fraction of sp³-hybridized carbons (Fsp3) is 0.478. The second kappa shape index (κ2) is 8.92. The molecular weight excluding hydrogens is 533 g/mol. The summed E-state index contributed by atoms with van der Waals surface area (Å²) in [6.07, 6.45) is 4.13. The van der Waals surface area contributed by atoms with Crippen LogP contribution in [0, 0.1) is 5.41 Å². The number of hydrogen-bond acceptors (Lipinski definition) is 11. The number of thiophene rings is 3. The molecule has 0 N–H and O–H groups in total. The number of hydrogen-bond donors (Lipinski definition) is 0. The molecule has 3 aromatic heterocycles. The zero-order chi connectivity index (χ0) is 23.4. The second-order valence-corrected chi connectivity index (χ2v) is 13.9. The minimum Gasteiger partial charge on any atom is -0.487 e. The average Bonchev–Trinajstić information content (AvgIpc) is 3.49. The van der Waals surface area contributed by atoms with E-state index in [0.717, 1.165) is 62.4 Å². The molecule has 0 unspecified atom stereocenters. The van der Waals surface area contributed by atoms with E-state index in [4.69, 9.17) is 28.4 Å². The summed E-state index contributed by atoms with van der Waals surface area (Å²) >= 11 is 8.39. The number of ether oxygens (including phenoxy) is 6. The molecule has 6 heterocycles. The molecule has 182 valence electrons. The van der Waals surface area contributed by atoms with Crippen molar-refractivity contribution >= 4 is 57.5 Å². The molecule has 0 radical (unpaired) electrons. The van der Waals surface area contributed by atoms with Gasteiger partial charge in [-0.3, -0.25) is 0 Å². The van der Waals surface area contributed by atoms with Gasteiger partial charge in [-0.25, -0.2) is 0 Å². The summed E-state index contributed by atoms with van der Waals surface area (Å²) in [6.45, 7) is 7.67.